The zero-order chi connectivity index (χ0) is 14.1. The molecular weight excluding hydrogens is 279 g/mol. The zero-order valence-corrected chi connectivity index (χ0v) is 11.1. The lowest BCUT2D eigenvalue weighted by atomic mass is 10.1. The number of para-hydroxylation sites is 1. The molecule has 2 aromatic carbocycles. The predicted molar refractivity (Wildman–Crippen MR) is 75.7 cm³/mol. The van der Waals surface area contributed by atoms with E-state index in [2.05, 4.69) is 4.98 Å². The van der Waals surface area contributed by atoms with Crippen LogP contribution < -0.4 is 4.73 Å². The lowest BCUT2D eigenvalue weighted by molar-refractivity contribution is -0.603. The Morgan fingerprint density at radius 1 is 1.10 bits per heavy atom. The van der Waals surface area contributed by atoms with Crippen LogP contribution >= 0.6 is 11.6 Å². The molecule has 5 heteroatoms. The fourth-order valence-electron chi connectivity index (χ4n) is 2.19. The summed E-state index contributed by atoms with van der Waals surface area (Å²) < 4.78 is 14.6. The molecule has 0 aliphatic rings. The van der Waals surface area contributed by atoms with Crippen LogP contribution in [0.5, 0.6) is 0 Å². The maximum Gasteiger partial charge on any atom is 0.317 e. The first-order valence-electron chi connectivity index (χ1n) is 6.04. The fourth-order valence-corrected chi connectivity index (χ4v) is 2.35. The van der Waals surface area contributed by atoms with Gasteiger partial charge in [-0.05, 0) is 29.2 Å². The predicted octanol–water partition coefficient (Wildman–Crippen LogP) is 3.41. The molecule has 1 heterocycles. The van der Waals surface area contributed by atoms with Crippen molar-refractivity contribution < 1.29 is 9.12 Å². The summed E-state index contributed by atoms with van der Waals surface area (Å²) >= 11 is 5.75. The van der Waals surface area contributed by atoms with Gasteiger partial charge < -0.3 is 5.21 Å². The largest absolute Gasteiger partial charge is 0.710 e. The Kier molecular flexibility index (Phi) is 3.24. The van der Waals surface area contributed by atoms with Gasteiger partial charge in [-0.2, -0.15) is 0 Å². The average Bonchev–Trinajstić information content (AvgIpc) is 2.48. The molecule has 0 aliphatic heterocycles. The maximum atomic E-state index is 14.0. The van der Waals surface area contributed by atoms with Crippen molar-refractivity contribution in [2.45, 2.75) is 5.88 Å². The molecule has 0 atom stereocenters. The van der Waals surface area contributed by atoms with Crippen molar-refractivity contribution in [1.29, 1.82) is 0 Å². The van der Waals surface area contributed by atoms with Gasteiger partial charge in [-0.15, -0.1) is 11.6 Å². The highest BCUT2D eigenvalue weighted by atomic mass is 35.5. The van der Waals surface area contributed by atoms with Crippen LogP contribution in [-0.2, 0) is 5.88 Å². The van der Waals surface area contributed by atoms with E-state index in [-0.39, 0.29) is 23.0 Å². The summed E-state index contributed by atoms with van der Waals surface area (Å²) in [4.78, 5) is 4.21. The fraction of sp³-hybridized carbons (Fsp3) is 0.0667. The smallest absolute Gasteiger partial charge is 0.317 e. The van der Waals surface area contributed by atoms with E-state index in [9.17, 15) is 9.60 Å². The molecule has 0 amide bonds. The summed E-state index contributed by atoms with van der Waals surface area (Å²) in [5.74, 6) is -0.326. The summed E-state index contributed by atoms with van der Waals surface area (Å²) in [6, 6.07) is 13.3. The molecule has 100 valence electrons. The number of nitrogens with zero attached hydrogens (tertiary/aromatic N) is 2. The number of hydrogen-bond acceptors (Lipinski definition) is 2. The van der Waals surface area contributed by atoms with Crippen molar-refractivity contribution in [3.63, 3.8) is 0 Å². The maximum absolute atomic E-state index is 14.0. The van der Waals surface area contributed by atoms with E-state index in [1.165, 1.54) is 6.07 Å². The molecule has 3 aromatic rings. The third-order valence-corrected chi connectivity index (χ3v) is 3.33. The Bertz CT molecular complexity index is 792. The van der Waals surface area contributed by atoms with E-state index in [4.69, 9.17) is 11.6 Å². The highest BCUT2D eigenvalue weighted by Crippen LogP contribution is 2.26. The van der Waals surface area contributed by atoms with Gasteiger partial charge in [-0.3, -0.25) is 0 Å². The molecule has 1 aromatic heterocycles. The van der Waals surface area contributed by atoms with Gasteiger partial charge in [0.15, 0.2) is 11.2 Å². The first kappa shape index (κ1) is 12.8. The monoisotopic (exact) mass is 288 g/mol. The first-order chi connectivity index (χ1) is 9.72. The van der Waals surface area contributed by atoms with Crippen LogP contribution in [0.2, 0.25) is 0 Å². The molecule has 3 rings (SSSR count). The van der Waals surface area contributed by atoms with Gasteiger partial charge in [0, 0.05) is 0 Å². The van der Waals surface area contributed by atoms with Crippen LogP contribution in [0.25, 0.3) is 22.2 Å². The first-order valence-corrected chi connectivity index (χ1v) is 6.58. The Labute approximate surface area is 119 Å². The lowest BCUT2D eigenvalue weighted by Crippen LogP contribution is -2.36. The second-order valence-corrected chi connectivity index (χ2v) is 4.57. The summed E-state index contributed by atoms with van der Waals surface area (Å²) in [6.45, 7) is 0. The van der Waals surface area contributed by atoms with Crippen molar-refractivity contribution in [2.75, 3.05) is 0 Å². The molecular formula is C15H10ClFN2O. The van der Waals surface area contributed by atoms with Gasteiger partial charge in [0.2, 0.25) is 0 Å². The Morgan fingerprint density at radius 2 is 1.80 bits per heavy atom. The molecule has 3 nitrogen and oxygen atoms in total. The van der Waals surface area contributed by atoms with Crippen molar-refractivity contribution in [2.24, 2.45) is 0 Å². The number of fused-ring (bicyclic) bond motifs is 1. The standard InChI is InChI=1S/C15H10ClFN2O/c16-9-14-18-13-8-4-2-6-11(13)15(19(14)20)10-5-1-3-7-12(10)17/h1-8H,9H2. The Morgan fingerprint density at radius 3 is 2.55 bits per heavy atom. The normalized spacial score (nSPS) is 10.9. The zero-order valence-electron chi connectivity index (χ0n) is 10.4. The summed E-state index contributed by atoms with van der Waals surface area (Å²) in [7, 11) is 0. The second kappa shape index (κ2) is 5.06. The van der Waals surface area contributed by atoms with Crippen molar-refractivity contribution in [3.05, 3.63) is 65.4 Å². The summed E-state index contributed by atoms with van der Waals surface area (Å²) in [5, 5.41) is 13.0. The summed E-state index contributed by atoms with van der Waals surface area (Å²) in [6.07, 6.45) is 0. The van der Waals surface area contributed by atoms with Crippen LogP contribution in [0.3, 0.4) is 0 Å². The summed E-state index contributed by atoms with van der Waals surface area (Å²) in [5.41, 5.74) is 1.10. The van der Waals surface area contributed by atoms with Crippen LogP contribution in [0.15, 0.2) is 48.5 Å². The van der Waals surface area contributed by atoms with Gasteiger partial charge in [-0.25, -0.2) is 9.12 Å². The highest BCUT2D eigenvalue weighted by molar-refractivity contribution is 6.16. The minimum absolute atomic E-state index is 0.0320. The molecule has 20 heavy (non-hydrogen) atoms. The number of hydrogen-bond donors (Lipinski definition) is 0. The molecule has 0 bridgehead atoms. The van der Waals surface area contributed by atoms with Crippen molar-refractivity contribution >= 4 is 22.5 Å². The van der Waals surface area contributed by atoms with E-state index >= 15 is 0 Å². The van der Waals surface area contributed by atoms with Crippen LogP contribution in [-0.4, -0.2) is 4.98 Å². The number of rotatable bonds is 2. The molecule has 0 N–H and O–H groups in total. The third-order valence-electron chi connectivity index (χ3n) is 3.09. The van der Waals surface area contributed by atoms with E-state index in [1.807, 2.05) is 6.07 Å². The van der Waals surface area contributed by atoms with Crippen LogP contribution in [0.4, 0.5) is 4.39 Å². The van der Waals surface area contributed by atoms with Gasteiger partial charge in [0.25, 0.3) is 0 Å². The van der Waals surface area contributed by atoms with Gasteiger partial charge in [0.1, 0.15) is 11.7 Å². The highest BCUT2D eigenvalue weighted by Gasteiger charge is 2.20. The number of alkyl halides is 1. The van der Waals surface area contributed by atoms with Crippen LogP contribution in [0.1, 0.15) is 5.82 Å². The van der Waals surface area contributed by atoms with E-state index in [0.29, 0.717) is 15.6 Å². The molecule has 0 spiro atoms. The number of aromatic nitrogens is 2. The molecule has 0 saturated carbocycles. The third kappa shape index (κ3) is 1.98. The number of halogens is 2. The average molecular weight is 289 g/mol. The minimum atomic E-state index is -0.450. The SMILES string of the molecule is [O-][n+]1c(CCl)nc2ccccc2c1-c1ccccc1F. The van der Waals surface area contributed by atoms with Gasteiger partial charge >= 0.3 is 5.82 Å². The molecule has 0 saturated heterocycles. The molecule has 0 aliphatic carbocycles. The van der Waals surface area contributed by atoms with Crippen molar-refractivity contribution in [1.82, 2.24) is 4.98 Å². The molecule has 0 fully saturated rings. The van der Waals surface area contributed by atoms with Crippen LogP contribution in [0, 0.1) is 11.0 Å². The molecule has 0 radical (unpaired) electrons. The Hall–Kier alpha value is -2.20. The Balaban J connectivity index is 2.44. The van der Waals surface area contributed by atoms with Gasteiger partial charge in [0.05, 0.1) is 10.9 Å². The van der Waals surface area contributed by atoms with E-state index in [1.54, 1.807) is 36.4 Å². The van der Waals surface area contributed by atoms with Crippen molar-refractivity contribution in [3.8, 4) is 11.3 Å². The second-order valence-electron chi connectivity index (χ2n) is 4.30. The van der Waals surface area contributed by atoms with E-state index < -0.39 is 5.82 Å². The lowest BCUT2D eigenvalue weighted by Gasteiger charge is -2.13. The van der Waals surface area contributed by atoms with Gasteiger partial charge in [-0.1, -0.05) is 24.3 Å². The minimum Gasteiger partial charge on any atom is -0.710 e. The molecule has 0 unspecified atom stereocenters. The van der Waals surface area contributed by atoms with E-state index in [0.717, 1.165) is 0 Å². The number of benzene rings is 2. The topological polar surface area (TPSA) is 39.8 Å². The quantitative estimate of drug-likeness (QED) is 0.412.